The first-order chi connectivity index (χ1) is 7.75. The Morgan fingerprint density at radius 3 is 2.81 bits per heavy atom. The van der Waals surface area contributed by atoms with E-state index in [0.717, 1.165) is 18.8 Å². The van der Waals surface area contributed by atoms with Crippen LogP contribution in [-0.2, 0) is 4.79 Å². The van der Waals surface area contributed by atoms with Gasteiger partial charge in [-0.15, -0.1) is 0 Å². The van der Waals surface area contributed by atoms with Gasteiger partial charge < -0.3 is 0 Å². The zero-order valence-electron chi connectivity index (χ0n) is 9.23. The average molecular weight is 217 g/mol. The second-order valence-corrected chi connectivity index (χ2v) is 3.91. The van der Waals surface area contributed by atoms with Gasteiger partial charge in [0.2, 0.25) is 5.91 Å². The Hall–Kier alpha value is -1.84. The van der Waals surface area contributed by atoms with Crippen molar-refractivity contribution in [3.05, 3.63) is 35.9 Å². The second kappa shape index (κ2) is 4.79. The van der Waals surface area contributed by atoms with Gasteiger partial charge in [-0.2, -0.15) is 0 Å². The normalized spacial score (nSPS) is 19.1. The molecule has 0 fully saturated rings. The number of aliphatic imine (C=N–C) groups is 1. The van der Waals surface area contributed by atoms with E-state index in [4.69, 9.17) is 0 Å². The molecule has 1 heterocycles. The standard InChI is InChI=1S/C12H15N3O/c1-9(16)14-15-12-7-11(8-13-12)10-5-3-2-4-6-10/h2-6,11H,7-8H2,1H3,(H,13,15)(H,14,16). The van der Waals surface area contributed by atoms with E-state index in [1.165, 1.54) is 12.5 Å². The highest BCUT2D eigenvalue weighted by Gasteiger charge is 2.19. The molecule has 1 amide bonds. The summed E-state index contributed by atoms with van der Waals surface area (Å²) in [7, 11) is 0. The number of amidine groups is 1. The van der Waals surface area contributed by atoms with Crippen molar-refractivity contribution >= 4 is 11.7 Å². The number of hydrazine groups is 1. The molecule has 4 heteroatoms. The van der Waals surface area contributed by atoms with E-state index in [-0.39, 0.29) is 5.91 Å². The Kier molecular flexibility index (Phi) is 3.19. The predicted molar refractivity (Wildman–Crippen MR) is 63.1 cm³/mol. The van der Waals surface area contributed by atoms with Crippen molar-refractivity contribution in [2.75, 3.05) is 6.54 Å². The molecule has 1 aliphatic heterocycles. The molecule has 2 rings (SSSR count). The fourth-order valence-electron chi connectivity index (χ4n) is 1.78. The summed E-state index contributed by atoms with van der Waals surface area (Å²) in [4.78, 5) is 15.1. The van der Waals surface area contributed by atoms with Gasteiger partial charge in [0, 0.05) is 25.8 Å². The third kappa shape index (κ3) is 2.59. The van der Waals surface area contributed by atoms with Crippen LogP contribution in [0.25, 0.3) is 0 Å². The molecule has 0 radical (unpaired) electrons. The van der Waals surface area contributed by atoms with Crippen molar-refractivity contribution in [1.82, 2.24) is 10.9 Å². The van der Waals surface area contributed by atoms with Gasteiger partial charge in [-0.25, -0.2) is 0 Å². The summed E-state index contributed by atoms with van der Waals surface area (Å²) in [5.74, 6) is 1.17. The van der Waals surface area contributed by atoms with Crippen LogP contribution in [0, 0.1) is 0 Å². The summed E-state index contributed by atoms with van der Waals surface area (Å²) >= 11 is 0. The molecule has 1 atom stereocenters. The van der Waals surface area contributed by atoms with Crippen LogP contribution >= 0.6 is 0 Å². The molecule has 1 aromatic rings. The number of amides is 1. The van der Waals surface area contributed by atoms with Crippen LogP contribution in [0.5, 0.6) is 0 Å². The molecule has 0 bridgehead atoms. The zero-order chi connectivity index (χ0) is 11.4. The van der Waals surface area contributed by atoms with Gasteiger partial charge in [0.1, 0.15) is 5.84 Å². The molecule has 1 unspecified atom stereocenters. The van der Waals surface area contributed by atoms with Crippen molar-refractivity contribution < 1.29 is 4.79 Å². The lowest BCUT2D eigenvalue weighted by atomic mass is 9.98. The number of hydrogen-bond donors (Lipinski definition) is 2. The number of carbonyl (C=O) groups excluding carboxylic acids is 1. The first-order valence-corrected chi connectivity index (χ1v) is 5.36. The molecule has 16 heavy (non-hydrogen) atoms. The van der Waals surface area contributed by atoms with Gasteiger partial charge in [0.15, 0.2) is 0 Å². The van der Waals surface area contributed by atoms with Crippen LogP contribution in [0.4, 0.5) is 0 Å². The molecule has 0 saturated heterocycles. The SMILES string of the molecule is CC(=O)NNC1=NCC(c2ccccc2)C1. The van der Waals surface area contributed by atoms with Crippen molar-refractivity contribution in [1.29, 1.82) is 0 Å². The number of rotatable bonds is 1. The predicted octanol–water partition coefficient (Wildman–Crippen LogP) is 1.21. The summed E-state index contributed by atoms with van der Waals surface area (Å²) in [6, 6.07) is 10.3. The number of hydrogen-bond acceptors (Lipinski definition) is 3. The van der Waals surface area contributed by atoms with Crippen molar-refractivity contribution in [2.45, 2.75) is 19.3 Å². The molecule has 0 spiro atoms. The molecule has 4 nitrogen and oxygen atoms in total. The number of carbonyl (C=O) groups is 1. The smallest absolute Gasteiger partial charge is 0.235 e. The average Bonchev–Trinajstić information content (AvgIpc) is 2.76. The lowest BCUT2D eigenvalue weighted by Crippen LogP contribution is -2.39. The molecule has 2 N–H and O–H groups in total. The van der Waals surface area contributed by atoms with Crippen LogP contribution in [0.15, 0.2) is 35.3 Å². The number of nitrogens with one attached hydrogen (secondary N) is 2. The molecule has 0 saturated carbocycles. The fraction of sp³-hybridized carbons (Fsp3) is 0.333. The van der Waals surface area contributed by atoms with Crippen LogP contribution in [0.3, 0.4) is 0 Å². The first kappa shape index (κ1) is 10.7. The Balaban J connectivity index is 1.89. The summed E-state index contributed by atoms with van der Waals surface area (Å²) in [5, 5.41) is 0. The molecule has 1 aliphatic rings. The Labute approximate surface area is 94.7 Å². The molecule has 84 valence electrons. The molecule has 1 aromatic carbocycles. The molecular formula is C12H15N3O. The minimum atomic E-state index is -0.106. The highest BCUT2D eigenvalue weighted by atomic mass is 16.2. The lowest BCUT2D eigenvalue weighted by Gasteiger charge is -2.09. The maximum Gasteiger partial charge on any atom is 0.235 e. The maximum atomic E-state index is 10.7. The van der Waals surface area contributed by atoms with Gasteiger partial charge in [0.25, 0.3) is 0 Å². The van der Waals surface area contributed by atoms with E-state index in [1.54, 1.807) is 0 Å². The van der Waals surface area contributed by atoms with Gasteiger partial charge in [-0.3, -0.25) is 20.6 Å². The minimum Gasteiger partial charge on any atom is -0.286 e. The maximum absolute atomic E-state index is 10.7. The summed E-state index contributed by atoms with van der Waals surface area (Å²) in [6.45, 7) is 2.25. The topological polar surface area (TPSA) is 53.5 Å². The first-order valence-electron chi connectivity index (χ1n) is 5.36. The van der Waals surface area contributed by atoms with Crippen molar-refractivity contribution in [3.8, 4) is 0 Å². The highest BCUT2D eigenvalue weighted by Crippen LogP contribution is 2.24. The summed E-state index contributed by atoms with van der Waals surface area (Å²) in [5.41, 5.74) is 6.67. The zero-order valence-corrected chi connectivity index (χ0v) is 9.23. The van der Waals surface area contributed by atoms with E-state index in [1.807, 2.05) is 18.2 Å². The van der Waals surface area contributed by atoms with Gasteiger partial charge in [-0.05, 0) is 5.56 Å². The molecule has 0 aromatic heterocycles. The van der Waals surface area contributed by atoms with Crippen LogP contribution < -0.4 is 10.9 Å². The Morgan fingerprint density at radius 1 is 1.38 bits per heavy atom. The summed E-state index contributed by atoms with van der Waals surface area (Å²) in [6.07, 6.45) is 0.851. The Bertz CT molecular complexity index is 400. The number of benzene rings is 1. The van der Waals surface area contributed by atoms with E-state index in [0.29, 0.717) is 5.92 Å². The van der Waals surface area contributed by atoms with Gasteiger partial charge >= 0.3 is 0 Å². The second-order valence-electron chi connectivity index (χ2n) is 3.91. The van der Waals surface area contributed by atoms with Crippen LogP contribution in [0.1, 0.15) is 24.8 Å². The van der Waals surface area contributed by atoms with E-state index in [9.17, 15) is 4.79 Å². The van der Waals surface area contributed by atoms with Crippen LogP contribution in [-0.4, -0.2) is 18.3 Å². The third-order valence-electron chi connectivity index (χ3n) is 2.60. The van der Waals surface area contributed by atoms with Gasteiger partial charge in [-0.1, -0.05) is 30.3 Å². The highest BCUT2D eigenvalue weighted by molar-refractivity contribution is 5.86. The summed E-state index contributed by atoms with van der Waals surface area (Å²) < 4.78 is 0. The Morgan fingerprint density at radius 2 is 2.12 bits per heavy atom. The van der Waals surface area contributed by atoms with Crippen molar-refractivity contribution in [2.24, 2.45) is 4.99 Å². The van der Waals surface area contributed by atoms with Gasteiger partial charge in [0.05, 0.1) is 0 Å². The third-order valence-corrected chi connectivity index (χ3v) is 2.60. The largest absolute Gasteiger partial charge is 0.286 e. The fourth-order valence-corrected chi connectivity index (χ4v) is 1.78. The molecular weight excluding hydrogens is 202 g/mol. The molecule has 0 aliphatic carbocycles. The quantitative estimate of drug-likeness (QED) is 0.695. The van der Waals surface area contributed by atoms with E-state index in [2.05, 4.69) is 28.0 Å². The van der Waals surface area contributed by atoms with Crippen LogP contribution in [0.2, 0.25) is 0 Å². The lowest BCUT2D eigenvalue weighted by molar-refractivity contribution is -0.119. The van der Waals surface area contributed by atoms with E-state index < -0.39 is 0 Å². The number of nitrogens with zero attached hydrogens (tertiary/aromatic N) is 1. The van der Waals surface area contributed by atoms with E-state index >= 15 is 0 Å². The monoisotopic (exact) mass is 217 g/mol. The minimum absolute atomic E-state index is 0.106. The van der Waals surface area contributed by atoms with Crippen molar-refractivity contribution in [3.63, 3.8) is 0 Å².